The summed E-state index contributed by atoms with van der Waals surface area (Å²) in [6.45, 7) is 0. The number of rotatable bonds is 3. The Morgan fingerprint density at radius 3 is 2.67 bits per heavy atom. The smallest absolute Gasteiger partial charge is 0.214 e. The van der Waals surface area contributed by atoms with Crippen LogP contribution in [0.2, 0.25) is 0 Å². The Labute approximate surface area is 86.6 Å². The molecule has 0 saturated heterocycles. The van der Waals surface area contributed by atoms with Crippen LogP contribution in [0.3, 0.4) is 0 Å². The van der Waals surface area contributed by atoms with Gasteiger partial charge in [0.25, 0.3) is 0 Å². The number of hydrogen-bond donors (Lipinski definition) is 0. The molecule has 0 fully saturated rings. The van der Waals surface area contributed by atoms with Crippen LogP contribution in [0.4, 0.5) is 0 Å². The van der Waals surface area contributed by atoms with Gasteiger partial charge in [-0.3, -0.25) is 0 Å². The van der Waals surface area contributed by atoms with Crippen molar-refractivity contribution in [3.63, 3.8) is 0 Å². The van der Waals surface area contributed by atoms with E-state index >= 15 is 0 Å². The lowest BCUT2D eigenvalue weighted by Gasteiger charge is -2.06. The minimum atomic E-state index is 0.478. The summed E-state index contributed by atoms with van der Waals surface area (Å²) in [6, 6.07) is 5.40. The summed E-state index contributed by atoms with van der Waals surface area (Å²) < 4.78 is 15.0. The zero-order valence-corrected chi connectivity index (χ0v) is 8.43. The van der Waals surface area contributed by atoms with Gasteiger partial charge in [0.15, 0.2) is 0 Å². The summed E-state index contributed by atoms with van der Waals surface area (Å²) in [5.74, 6) is 1.87. The van der Waals surface area contributed by atoms with Gasteiger partial charge < -0.3 is 14.0 Å². The van der Waals surface area contributed by atoms with E-state index in [0.29, 0.717) is 11.6 Å². The molecule has 15 heavy (non-hydrogen) atoms. The van der Waals surface area contributed by atoms with Crippen LogP contribution in [-0.4, -0.2) is 24.4 Å². The second kappa shape index (κ2) is 4.00. The third-order valence-corrected chi connectivity index (χ3v) is 2.01. The van der Waals surface area contributed by atoms with E-state index < -0.39 is 0 Å². The van der Waals surface area contributed by atoms with Gasteiger partial charge in [-0.2, -0.15) is 4.98 Å². The molecule has 2 aromatic rings. The largest absolute Gasteiger partial charge is 0.497 e. The molecule has 1 aromatic carbocycles. The monoisotopic (exact) mass is 206 g/mol. The Balaban J connectivity index is 2.52. The van der Waals surface area contributed by atoms with Crippen LogP contribution in [-0.2, 0) is 0 Å². The van der Waals surface area contributed by atoms with Gasteiger partial charge in [-0.25, -0.2) is 0 Å². The van der Waals surface area contributed by atoms with Gasteiger partial charge >= 0.3 is 0 Å². The molecular weight excluding hydrogens is 196 g/mol. The number of benzene rings is 1. The van der Waals surface area contributed by atoms with Crippen LogP contribution < -0.4 is 9.47 Å². The van der Waals surface area contributed by atoms with Crippen molar-refractivity contribution in [2.45, 2.75) is 0 Å². The molecule has 0 aliphatic rings. The quantitative estimate of drug-likeness (QED) is 0.765. The maximum atomic E-state index is 5.19. The van der Waals surface area contributed by atoms with E-state index in [4.69, 9.17) is 9.47 Å². The fourth-order valence-corrected chi connectivity index (χ4v) is 1.28. The molecule has 5 nitrogen and oxygen atoms in total. The van der Waals surface area contributed by atoms with Gasteiger partial charge in [-0.15, -0.1) is 0 Å². The lowest BCUT2D eigenvalue weighted by molar-refractivity contribution is 0.402. The van der Waals surface area contributed by atoms with Gasteiger partial charge in [0.2, 0.25) is 12.2 Å². The van der Waals surface area contributed by atoms with Crippen molar-refractivity contribution in [3.8, 4) is 22.9 Å². The van der Waals surface area contributed by atoms with Crippen LogP contribution in [0.15, 0.2) is 29.1 Å². The van der Waals surface area contributed by atoms with Crippen molar-refractivity contribution in [2.75, 3.05) is 14.2 Å². The Morgan fingerprint density at radius 2 is 2.07 bits per heavy atom. The highest BCUT2D eigenvalue weighted by atomic mass is 16.5. The van der Waals surface area contributed by atoms with Crippen LogP contribution in [0.1, 0.15) is 0 Å². The van der Waals surface area contributed by atoms with Gasteiger partial charge in [-0.1, -0.05) is 5.16 Å². The van der Waals surface area contributed by atoms with E-state index in [-0.39, 0.29) is 0 Å². The van der Waals surface area contributed by atoms with Crippen molar-refractivity contribution in [1.82, 2.24) is 10.1 Å². The Kier molecular flexibility index (Phi) is 2.53. The van der Waals surface area contributed by atoms with E-state index in [1.807, 2.05) is 6.07 Å². The van der Waals surface area contributed by atoms with Gasteiger partial charge in [0.1, 0.15) is 11.5 Å². The Bertz CT molecular complexity index is 440. The maximum Gasteiger partial charge on any atom is 0.214 e. The first-order chi connectivity index (χ1) is 7.35. The number of nitrogens with zero attached hydrogens (tertiary/aromatic N) is 2. The fourth-order valence-electron chi connectivity index (χ4n) is 1.28. The van der Waals surface area contributed by atoms with Gasteiger partial charge in [0.05, 0.1) is 19.8 Å². The second-order valence-corrected chi connectivity index (χ2v) is 2.82. The molecule has 0 saturated carbocycles. The molecule has 1 aromatic heterocycles. The lowest BCUT2D eigenvalue weighted by Crippen LogP contribution is -1.91. The third kappa shape index (κ3) is 1.76. The highest BCUT2D eigenvalue weighted by Crippen LogP contribution is 2.30. The molecule has 0 spiro atoms. The van der Waals surface area contributed by atoms with E-state index in [2.05, 4.69) is 14.7 Å². The van der Waals surface area contributed by atoms with Crippen molar-refractivity contribution < 1.29 is 14.0 Å². The van der Waals surface area contributed by atoms with Gasteiger partial charge in [-0.05, 0) is 18.2 Å². The molecule has 0 N–H and O–H groups in total. The standard InChI is InChI=1S/C10H10N2O3/c1-13-7-3-4-9(14-2)8(5-7)10-11-6-15-12-10/h3-6H,1-2H3. The Morgan fingerprint density at radius 1 is 1.20 bits per heavy atom. The van der Waals surface area contributed by atoms with Gasteiger partial charge in [0, 0.05) is 0 Å². The number of hydrogen-bond acceptors (Lipinski definition) is 5. The molecular formula is C10H10N2O3. The molecule has 0 aliphatic heterocycles. The summed E-state index contributed by atoms with van der Waals surface area (Å²) in [7, 11) is 3.19. The lowest BCUT2D eigenvalue weighted by atomic mass is 10.2. The summed E-state index contributed by atoms with van der Waals surface area (Å²) in [6.07, 6.45) is 1.27. The average molecular weight is 206 g/mol. The topological polar surface area (TPSA) is 57.4 Å². The highest BCUT2D eigenvalue weighted by molar-refractivity contribution is 5.65. The first kappa shape index (κ1) is 9.51. The second-order valence-electron chi connectivity index (χ2n) is 2.82. The number of aromatic nitrogens is 2. The zero-order valence-electron chi connectivity index (χ0n) is 8.43. The molecule has 0 radical (unpaired) electrons. The average Bonchev–Trinajstić information content (AvgIpc) is 2.81. The minimum Gasteiger partial charge on any atom is -0.497 e. The molecule has 0 unspecified atom stereocenters. The molecule has 1 heterocycles. The first-order valence-corrected chi connectivity index (χ1v) is 4.34. The number of methoxy groups -OCH3 is 2. The molecule has 5 heteroatoms. The van der Waals surface area contributed by atoms with Crippen LogP contribution >= 0.6 is 0 Å². The summed E-state index contributed by atoms with van der Waals surface area (Å²) in [5.41, 5.74) is 0.741. The third-order valence-electron chi connectivity index (χ3n) is 2.01. The summed E-state index contributed by atoms with van der Waals surface area (Å²) in [4.78, 5) is 3.96. The van der Waals surface area contributed by atoms with Crippen molar-refractivity contribution in [2.24, 2.45) is 0 Å². The molecule has 0 aliphatic carbocycles. The predicted octanol–water partition coefficient (Wildman–Crippen LogP) is 1.75. The number of ether oxygens (including phenoxy) is 2. The minimum absolute atomic E-state index is 0.478. The van der Waals surface area contributed by atoms with Crippen LogP contribution in [0.25, 0.3) is 11.4 Å². The zero-order chi connectivity index (χ0) is 10.7. The maximum absolute atomic E-state index is 5.19. The summed E-state index contributed by atoms with van der Waals surface area (Å²) in [5, 5.41) is 3.75. The molecule has 0 bridgehead atoms. The normalized spacial score (nSPS) is 10.0. The Hall–Kier alpha value is -2.04. The SMILES string of the molecule is COc1ccc(OC)c(-c2ncon2)c1. The molecule has 0 atom stereocenters. The van der Waals surface area contributed by atoms with E-state index in [0.717, 1.165) is 11.3 Å². The van der Waals surface area contributed by atoms with E-state index in [9.17, 15) is 0 Å². The fraction of sp³-hybridized carbons (Fsp3) is 0.200. The predicted molar refractivity (Wildman–Crippen MR) is 52.8 cm³/mol. The van der Waals surface area contributed by atoms with Crippen molar-refractivity contribution in [1.29, 1.82) is 0 Å². The van der Waals surface area contributed by atoms with Crippen LogP contribution in [0.5, 0.6) is 11.5 Å². The highest BCUT2D eigenvalue weighted by Gasteiger charge is 2.11. The first-order valence-electron chi connectivity index (χ1n) is 4.34. The van der Waals surface area contributed by atoms with Crippen molar-refractivity contribution in [3.05, 3.63) is 24.6 Å². The summed E-state index contributed by atoms with van der Waals surface area (Å²) >= 11 is 0. The van der Waals surface area contributed by atoms with E-state index in [1.165, 1.54) is 6.39 Å². The molecule has 0 amide bonds. The van der Waals surface area contributed by atoms with E-state index in [1.54, 1.807) is 26.4 Å². The van der Waals surface area contributed by atoms with Crippen molar-refractivity contribution >= 4 is 0 Å². The molecule has 78 valence electrons. The van der Waals surface area contributed by atoms with Crippen LogP contribution in [0, 0.1) is 0 Å². The molecule has 2 rings (SSSR count).